The largest absolute Gasteiger partial charge is 0.254 e. The number of allylic oxidation sites excluding steroid dienone is 1. The topological polar surface area (TPSA) is 0 Å². The van der Waals surface area contributed by atoms with Gasteiger partial charge in [0.05, 0.1) is 0 Å². The molecule has 0 spiro atoms. The first-order chi connectivity index (χ1) is 5.49. The van der Waals surface area contributed by atoms with E-state index in [1.54, 1.807) is 6.92 Å². The molecule has 0 aromatic carbocycles. The Hall–Kier alpha value is -0.400. The van der Waals surface area contributed by atoms with E-state index in [1.165, 1.54) is 0 Å². The molecule has 0 amide bonds. The van der Waals surface area contributed by atoms with Crippen LogP contribution in [0.25, 0.3) is 0 Å². The van der Waals surface area contributed by atoms with E-state index in [-0.39, 0.29) is 12.3 Å². The molecule has 2 atom stereocenters. The van der Waals surface area contributed by atoms with Crippen molar-refractivity contribution in [1.29, 1.82) is 0 Å². The van der Waals surface area contributed by atoms with Crippen LogP contribution in [0.4, 0.5) is 8.78 Å². The molecule has 2 heteroatoms. The maximum Gasteiger partial charge on any atom is 0.254 e. The lowest BCUT2D eigenvalue weighted by atomic mass is 9.87. The van der Waals surface area contributed by atoms with E-state index < -0.39 is 11.8 Å². The molecule has 0 bridgehead atoms. The first kappa shape index (κ1) is 9.69. The Kier molecular flexibility index (Phi) is 2.55. The van der Waals surface area contributed by atoms with E-state index in [2.05, 4.69) is 6.58 Å². The second-order valence-corrected chi connectivity index (χ2v) is 3.79. The minimum Gasteiger partial charge on any atom is -0.206 e. The van der Waals surface area contributed by atoms with Gasteiger partial charge in [-0.1, -0.05) is 25.5 Å². The molecule has 0 aromatic heterocycles. The summed E-state index contributed by atoms with van der Waals surface area (Å²) in [4.78, 5) is 0. The van der Waals surface area contributed by atoms with Gasteiger partial charge in [-0.15, -0.1) is 0 Å². The van der Waals surface area contributed by atoms with Crippen molar-refractivity contribution in [3.63, 3.8) is 0 Å². The van der Waals surface area contributed by atoms with E-state index in [4.69, 9.17) is 0 Å². The lowest BCUT2D eigenvalue weighted by Crippen LogP contribution is -2.26. The van der Waals surface area contributed by atoms with Crippen molar-refractivity contribution in [3.8, 4) is 0 Å². The predicted octanol–water partition coefficient (Wildman–Crippen LogP) is 3.63. The van der Waals surface area contributed by atoms with Crippen LogP contribution in [0.5, 0.6) is 0 Å². The maximum atomic E-state index is 13.2. The van der Waals surface area contributed by atoms with Gasteiger partial charge in [0.1, 0.15) is 0 Å². The number of hydrogen-bond acceptors (Lipinski definition) is 0. The molecule has 1 fully saturated rings. The number of alkyl halides is 2. The minimum absolute atomic E-state index is 0.0447. The van der Waals surface area contributed by atoms with E-state index in [0.717, 1.165) is 6.42 Å². The summed E-state index contributed by atoms with van der Waals surface area (Å²) in [5, 5.41) is 0. The van der Waals surface area contributed by atoms with Gasteiger partial charge in [0.2, 0.25) is 0 Å². The molecule has 0 N–H and O–H groups in total. The zero-order valence-corrected chi connectivity index (χ0v) is 7.74. The van der Waals surface area contributed by atoms with E-state index in [9.17, 15) is 8.78 Å². The maximum absolute atomic E-state index is 13.2. The normalized spacial score (nSPS) is 33.7. The molecule has 1 saturated carbocycles. The summed E-state index contributed by atoms with van der Waals surface area (Å²) in [6, 6.07) is 0. The van der Waals surface area contributed by atoms with Gasteiger partial charge in [0.15, 0.2) is 0 Å². The van der Waals surface area contributed by atoms with Crippen molar-refractivity contribution in [3.05, 3.63) is 12.2 Å². The summed E-state index contributed by atoms with van der Waals surface area (Å²) in [7, 11) is 0. The van der Waals surface area contributed by atoms with Gasteiger partial charge in [0.25, 0.3) is 5.92 Å². The van der Waals surface area contributed by atoms with Gasteiger partial charge >= 0.3 is 0 Å². The zero-order valence-electron chi connectivity index (χ0n) is 7.74. The molecule has 12 heavy (non-hydrogen) atoms. The Labute approximate surface area is 72.7 Å². The molecule has 1 rings (SSSR count). The SMILES string of the molecule is C=C(C)C1C(CC)CCC1(F)F. The zero-order chi connectivity index (χ0) is 9.35. The lowest BCUT2D eigenvalue weighted by Gasteiger charge is -2.23. The highest BCUT2D eigenvalue weighted by atomic mass is 19.3. The Balaban J connectivity index is 2.80. The molecule has 0 aromatic rings. The van der Waals surface area contributed by atoms with Crippen molar-refractivity contribution in [1.82, 2.24) is 0 Å². The summed E-state index contributed by atoms with van der Waals surface area (Å²) in [6.07, 6.45) is 1.54. The summed E-state index contributed by atoms with van der Waals surface area (Å²) in [5.74, 6) is -2.91. The monoisotopic (exact) mass is 174 g/mol. The Morgan fingerprint density at radius 1 is 1.58 bits per heavy atom. The molecule has 0 heterocycles. The highest BCUT2D eigenvalue weighted by molar-refractivity contribution is 5.08. The standard InChI is InChI=1S/C10H16F2/c1-4-8-5-6-10(11,12)9(8)7(2)3/h8-9H,2,4-6H2,1,3H3. The molecule has 1 aliphatic carbocycles. The summed E-state index contributed by atoms with van der Waals surface area (Å²) in [6.45, 7) is 7.34. The third kappa shape index (κ3) is 1.52. The van der Waals surface area contributed by atoms with Gasteiger partial charge < -0.3 is 0 Å². The molecule has 1 aliphatic rings. The molecular formula is C10H16F2. The van der Waals surface area contributed by atoms with Crippen molar-refractivity contribution in [2.24, 2.45) is 11.8 Å². The van der Waals surface area contributed by atoms with E-state index >= 15 is 0 Å². The minimum atomic E-state index is -2.49. The summed E-state index contributed by atoms with van der Waals surface area (Å²) < 4.78 is 26.5. The third-order valence-corrected chi connectivity index (χ3v) is 2.83. The van der Waals surface area contributed by atoms with Crippen molar-refractivity contribution in [2.45, 2.75) is 39.0 Å². The fourth-order valence-corrected chi connectivity index (χ4v) is 2.25. The molecule has 2 unspecified atom stereocenters. The fraction of sp³-hybridized carbons (Fsp3) is 0.800. The van der Waals surface area contributed by atoms with Crippen molar-refractivity contribution < 1.29 is 8.78 Å². The molecule has 0 radical (unpaired) electrons. The number of hydrogen-bond donors (Lipinski definition) is 0. The Morgan fingerprint density at radius 3 is 2.50 bits per heavy atom. The quantitative estimate of drug-likeness (QED) is 0.561. The summed E-state index contributed by atoms with van der Waals surface area (Å²) >= 11 is 0. The van der Waals surface area contributed by atoms with Gasteiger partial charge in [-0.2, -0.15) is 0 Å². The van der Waals surface area contributed by atoms with Crippen LogP contribution in [0, 0.1) is 11.8 Å². The first-order valence-electron chi connectivity index (χ1n) is 4.52. The van der Waals surface area contributed by atoms with Gasteiger partial charge in [-0.05, 0) is 19.3 Å². The van der Waals surface area contributed by atoms with Crippen LogP contribution in [0.1, 0.15) is 33.1 Å². The predicted molar refractivity (Wildman–Crippen MR) is 46.3 cm³/mol. The number of halogens is 2. The van der Waals surface area contributed by atoms with Crippen LogP contribution in [0.15, 0.2) is 12.2 Å². The smallest absolute Gasteiger partial charge is 0.206 e. The molecular weight excluding hydrogens is 158 g/mol. The van der Waals surface area contributed by atoms with E-state index in [0.29, 0.717) is 12.0 Å². The second-order valence-electron chi connectivity index (χ2n) is 3.79. The highest BCUT2D eigenvalue weighted by Crippen LogP contribution is 2.48. The highest BCUT2D eigenvalue weighted by Gasteiger charge is 2.49. The average molecular weight is 174 g/mol. The van der Waals surface area contributed by atoms with Crippen LogP contribution in [-0.4, -0.2) is 5.92 Å². The van der Waals surface area contributed by atoms with E-state index in [1.807, 2.05) is 6.92 Å². The Morgan fingerprint density at radius 2 is 2.17 bits per heavy atom. The first-order valence-corrected chi connectivity index (χ1v) is 4.52. The fourth-order valence-electron chi connectivity index (χ4n) is 2.25. The van der Waals surface area contributed by atoms with Crippen molar-refractivity contribution in [2.75, 3.05) is 0 Å². The molecule has 0 nitrogen and oxygen atoms in total. The van der Waals surface area contributed by atoms with Crippen molar-refractivity contribution >= 4 is 0 Å². The molecule has 0 saturated heterocycles. The van der Waals surface area contributed by atoms with Gasteiger partial charge in [-0.25, -0.2) is 8.78 Å². The van der Waals surface area contributed by atoms with Gasteiger partial charge in [-0.3, -0.25) is 0 Å². The summed E-state index contributed by atoms with van der Waals surface area (Å²) in [5.41, 5.74) is 0.643. The average Bonchev–Trinajstić information content (AvgIpc) is 2.24. The van der Waals surface area contributed by atoms with Crippen LogP contribution in [-0.2, 0) is 0 Å². The third-order valence-electron chi connectivity index (χ3n) is 2.83. The second kappa shape index (κ2) is 3.15. The lowest BCUT2D eigenvalue weighted by molar-refractivity contribution is -0.0316. The van der Waals surface area contributed by atoms with Gasteiger partial charge in [0, 0.05) is 12.3 Å². The molecule has 0 aliphatic heterocycles. The molecule has 70 valence electrons. The Bertz CT molecular complexity index is 184. The van der Waals surface area contributed by atoms with Crippen LogP contribution in [0.3, 0.4) is 0 Å². The van der Waals surface area contributed by atoms with Crippen LogP contribution < -0.4 is 0 Å². The number of rotatable bonds is 2. The van der Waals surface area contributed by atoms with Crippen LogP contribution >= 0.6 is 0 Å². The van der Waals surface area contributed by atoms with Crippen LogP contribution in [0.2, 0.25) is 0 Å².